The molecule has 0 unspecified atom stereocenters. The smallest absolute Gasteiger partial charge is 0.317 e. The monoisotopic (exact) mass is 231 g/mol. The molecule has 0 rings (SSSR count). The second-order valence-electron chi connectivity index (χ2n) is 4.38. The summed E-state index contributed by atoms with van der Waals surface area (Å²) in [7, 11) is 0. The molecule has 0 bridgehead atoms. The average Bonchev–Trinajstić information content (AvgIpc) is 2.15. The van der Waals surface area contributed by atoms with Gasteiger partial charge < -0.3 is 15.2 Å². The number of ether oxygens (including phenoxy) is 1. The highest BCUT2D eigenvalue weighted by atomic mass is 16.5. The van der Waals surface area contributed by atoms with Crippen LogP contribution in [0.4, 0.5) is 0 Å². The summed E-state index contributed by atoms with van der Waals surface area (Å²) in [5.41, 5.74) is -0.554. The number of hydrogen-bond donors (Lipinski definition) is 2. The number of rotatable bonds is 8. The van der Waals surface area contributed by atoms with Gasteiger partial charge in [0.15, 0.2) is 0 Å². The van der Waals surface area contributed by atoms with Crippen molar-refractivity contribution in [3.63, 3.8) is 0 Å². The predicted octanol–water partition coefficient (Wildman–Crippen LogP) is 1.17. The molecule has 0 heterocycles. The Labute approximate surface area is 96.2 Å². The normalized spacial score (nSPS) is 11.2. The second kappa shape index (κ2) is 7.22. The van der Waals surface area contributed by atoms with E-state index in [4.69, 9.17) is 9.84 Å². The lowest BCUT2D eigenvalue weighted by molar-refractivity contribution is -0.146. The van der Waals surface area contributed by atoms with E-state index in [1.54, 1.807) is 13.8 Å². The van der Waals surface area contributed by atoms with Crippen LogP contribution in [0.15, 0.2) is 0 Å². The summed E-state index contributed by atoms with van der Waals surface area (Å²) >= 11 is 0. The van der Waals surface area contributed by atoms with E-state index >= 15 is 0 Å². The van der Waals surface area contributed by atoms with Crippen LogP contribution in [0.5, 0.6) is 0 Å². The number of carbonyl (C=O) groups is 2. The minimum atomic E-state index is -0.938. The first-order chi connectivity index (χ1) is 7.37. The molecule has 0 aromatic heterocycles. The van der Waals surface area contributed by atoms with Crippen molar-refractivity contribution < 1.29 is 19.4 Å². The van der Waals surface area contributed by atoms with Crippen LogP contribution in [0.25, 0.3) is 0 Å². The molecule has 5 heteroatoms. The topological polar surface area (TPSA) is 75.6 Å². The third-order valence-corrected chi connectivity index (χ3v) is 2.07. The van der Waals surface area contributed by atoms with E-state index in [1.165, 1.54) is 0 Å². The Kier molecular flexibility index (Phi) is 6.72. The predicted molar refractivity (Wildman–Crippen MR) is 60.2 cm³/mol. The van der Waals surface area contributed by atoms with Gasteiger partial charge in [0.25, 0.3) is 0 Å². The molecule has 0 fully saturated rings. The third-order valence-electron chi connectivity index (χ3n) is 2.07. The number of unbranched alkanes of at least 4 members (excludes halogenated alkanes) is 1. The standard InChI is InChI=1S/C11H21NO4/c1-4-5-6-16-10(15)7-11(2,3)12-8-9(13)14/h12H,4-8H2,1-3H3,(H,13,14). The molecule has 0 spiro atoms. The van der Waals surface area contributed by atoms with Crippen LogP contribution in [0.3, 0.4) is 0 Å². The van der Waals surface area contributed by atoms with Crippen LogP contribution in [0.2, 0.25) is 0 Å². The third kappa shape index (κ3) is 8.23. The van der Waals surface area contributed by atoms with E-state index in [2.05, 4.69) is 5.32 Å². The Morgan fingerprint density at radius 2 is 2.00 bits per heavy atom. The van der Waals surface area contributed by atoms with Gasteiger partial charge in [-0.3, -0.25) is 9.59 Å². The van der Waals surface area contributed by atoms with Crippen molar-refractivity contribution in [2.45, 2.75) is 45.6 Å². The molecule has 0 saturated carbocycles. The van der Waals surface area contributed by atoms with E-state index < -0.39 is 11.5 Å². The number of aliphatic carboxylic acids is 1. The Hall–Kier alpha value is -1.10. The molecule has 0 amide bonds. The van der Waals surface area contributed by atoms with Crippen molar-refractivity contribution in [1.82, 2.24) is 5.32 Å². The molecule has 16 heavy (non-hydrogen) atoms. The first-order valence-corrected chi connectivity index (χ1v) is 5.50. The van der Waals surface area contributed by atoms with Crippen molar-refractivity contribution >= 4 is 11.9 Å². The van der Waals surface area contributed by atoms with Crippen molar-refractivity contribution in [1.29, 1.82) is 0 Å². The fraction of sp³-hybridized carbons (Fsp3) is 0.818. The summed E-state index contributed by atoms with van der Waals surface area (Å²) in [6, 6.07) is 0. The number of carboxylic acids is 1. The van der Waals surface area contributed by atoms with Gasteiger partial charge in [-0.25, -0.2) is 0 Å². The van der Waals surface area contributed by atoms with Gasteiger partial charge in [-0.15, -0.1) is 0 Å². The minimum absolute atomic E-state index is 0.158. The first-order valence-electron chi connectivity index (χ1n) is 5.50. The van der Waals surface area contributed by atoms with E-state index in [-0.39, 0.29) is 18.9 Å². The summed E-state index contributed by atoms with van der Waals surface area (Å²) in [5, 5.41) is 11.3. The molecule has 0 aliphatic rings. The number of nitrogens with one attached hydrogen (secondary N) is 1. The summed E-state index contributed by atoms with van der Waals surface area (Å²) < 4.78 is 5.00. The zero-order chi connectivity index (χ0) is 12.6. The van der Waals surface area contributed by atoms with Crippen LogP contribution in [0, 0.1) is 0 Å². The van der Waals surface area contributed by atoms with Gasteiger partial charge in [0.05, 0.1) is 19.6 Å². The van der Waals surface area contributed by atoms with Gasteiger partial charge in [-0.2, -0.15) is 0 Å². The number of hydrogen-bond acceptors (Lipinski definition) is 4. The number of carbonyl (C=O) groups excluding carboxylic acids is 1. The Morgan fingerprint density at radius 3 is 2.50 bits per heavy atom. The van der Waals surface area contributed by atoms with Crippen molar-refractivity contribution in [2.75, 3.05) is 13.2 Å². The van der Waals surface area contributed by atoms with Crippen LogP contribution < -0.4 is 5.32 Å². The Morgan fingerprint density at radius 1 is 1.38 bits per heavy atom. The molecular formula is C11H21NO4. The van der Waals surface area contributed by atoms with Gasteiger partial charge in [-0.1, -0.05) is 13.3 Å². The summed E-state index contributed by atoms with van der Waals surface area (Å²) in [5.74, 6) is -1.23. The lowest BCUT2D eigenvalue weighted by Gasteiger charge is -2.24. The van der Waals surface area contributed by atoms with Crippen LogP contribution >= 0.6 is 0 Å². The molecule has 0 aromatic rings. The van der Waals surface area contributed by atoms with Crippen LogP contribution in [0.1, 0.15) is 40.0 Å². The zero-order valence-electron chi connectivity index (χ0n) is 10.2. The fourth-order valence-electron chi connectivity index (χ4n) is 1.12. The number of carboxylic acid groups (broad SMARTS) is 1. The van der Waals surface area contributed by atoms with Crippen molar-refractivity contribution in [2.24, 2.45) is 0 Å². The van der Waals surface area contributed by atoms with E-state index in [0.717, 1.165) is 12.8 Å². The lowest BCUT2D eigenvalue weighted by atomic mass is 10.0. The van der Waals surface area contributed by atoms with Gasteiger partial charge in [0.2, 0.25) is 0 Å². The maximum absolute atomic E-state index is 11.4. The summed E-state index contributed by atoms with van der Waals surface area (Å²) in [6.07, 6.45) is 2.01. The molecule has 0 atom stereocenters. The Balaban J connectivity index is 3.85. The van der Waals surface area contributed by atoms with Crippen LogP contribution in [-0.2, 0) is 14.3 Å². The van der Waals surface area contributed by atoms with Crippen molar-refractivity contribution in [3.05, 3.63) is 0 Å². The van der Waals surface area contributed by atoms with Gasteiger partial charge >= 0.3 is 11.9 Å². The molecule has 0 saturated heterocycles. The molecule has 5 nitrogen and oxygen atoms in total. The van der Waals surface area contributed by atoms with Crippen LogP contribution in [-0.4, -0.2) is 35.7 Å². The van der Waals surface area contributed by atoms with Gasteiger partial charge in [0, 0.05) is 5.54 Å². The minimum Gasteiger partial charge on any atom is -0.480 e. The van der Waals surface area contributed by atoms with Gasteiger partial charge in [-0.05, 0) is 20.3 Å². The van der Waals surface area contributed by atoms with E-state index in [0.29, 0.717) is 6.61 Å². The number of esters is 1. The van der Waals surface area contributed by atoms with E-state index in [9.17, 15) is 9.59 Å². The SMILES string of the molecule is CCCCOC(=O)CC(C)(C)NCC(=O)O. The highest BCUT2D eigenvalue weighted by Crippen LogP contribution is 2.09. The molecule has 0 aliphatic carbocycles. The Bertz CT molecular complexity index is 238. The lowest BCUT2D eigenvalue weighted by Crippen LogP contribution is -2.44. The first kappa shape index (κ1) is 14.9. The highest BCUT2D eigenvalue weighted by Gasteiger charge is 2.22. The summed E-state index contributed by atoms with van der Waals surface area (Å²) in [4.78, 5) is 21.7. The maximum atomic E-state index is 11.4. The largest absolute Gasteiger partial charge is 0.480 e. The van der Waals surface area contributed by atoms with E-state index in [1.807, 2.05) is 6.92 Å². The fourth-order valence-corrected chi connectivity index (χ4v) is 1.12. The van der Waals surface area contributed by atoms with Gasteiger partial charge in [0.1, 0.15) is 0 Å². The summed E-state index contributed by atoms with van der Waals surface area (Å²) in [6.45, 7) is 5.85. The molecular weight excluding hydrogens is 210 g/mol. The average molecular weight is 231 g/mol. The highest BCUT2D eigenvalue weighted by molar-refractivity contribution is 5.71. The molecule has 0 aliphatic heterocycles. The van der Waals surface area contributed by atoms with Crippen molar-refractivity contribution in [3.8, 4) is 0 Å². The molecule has 0 aromatic carbocycles. The maximum Gasteiger partial charge on any atom is 0.317 e. The zero-order valence-corrected chi connectivity index (χ0v) is 10.2. The molecule has 0 radical (unpaired) electrons. The second-order valence-corrected chi connectivity index (χ2v) is 4.38. The quantitative estimate of drug-likeness (QED) is 0.484. The molecule has 2 N–H and O–H groups in total. The molecule has 94 valence electrons.